The Hall–Kier alpha value is -4.12. The molecule has 140 valence electrons. The van der Waals surface area contributed by atoms with Crippen molar-refractivity contribution < 1.29 is 14.3 Å². The third-order valence-corrected chi connectivity index (χ3v) is 3.82. The van der Waals surface area contributed by atoms with Crippen LogP contribution in [0.5, 0.6) is 11.5 Å². The van der Waals surface area contributed by atoms with Crippen LogP contribution in [0.4, 0.5) is 17.2 Å². The molecule has 1 amide bonds. The molecule has 0 unspecified atom stereocenters. The number of methoxy groups -OCH3 is 2. The van der Waals surface area contributed by atoms with Crippen LogP contribution in [0.15, 0.2) is 54.9 Å². The van der Waals surface area contributed by atoms with Crippen molar-refractivity contribution in [2.75, 3.05) is 24.9 Å². The van der Waals surface area contributed by atoms with Gasteiger partial charge >= 0.3 is 0 Å². The first-order valence-electron chi connectivity index (χ1n) is 8.25. The Morgan fingerprint density at radius 1 is 1.07 bits per heavy atom. The average molecular weight is 375 g/mol. The molecule has 1 heterocycles. The van der Waals surface area contributed by atoms with Crippen LogP contribution in [0.3, 0.4) is 0 Å². The van der Waals surface area contributed by atoms with E-state index in [4.69, 9.17) is 14.7 Å². The minimum atomic E-state index is -0.415. The Morgan fingerprint density at radius 2 is 1.93 bits per heavy atom. The third kappa shape index (κ3) is 4.34. The van der Waals surface area contributed by atoms with Crippen molar-refractivity contribution in [3.05, 3.63) is 66.1 Å². The average Bonchev–Trinajstić information content (AvgIpc) is 2.74. The number of hydrogen-bond acceptors (Lipinski definition) is 7. The highest BCUT2D eigenvalue weighted by molar-refractivity contribution is 6.03. The number of benzene rings is 2. The van der Waals surface area contributed by atoms with Gasteiger partial charge in [0, 0.05) is 17.8 Å². The highest BCUT2D eigenvalue weighted by Crippen LogP contribution is 2.31. The summed E-state index contributed by atoms with van der Waals surface area (Å²) in [6.07, 6.45) is 1.29. The molecule has 8 heteroatoms. The summed E-state index contributed by atoms with van der Waals surface area (Å²) in [5.74, 6) is 1.23. The number of anilines is 3. The fourth-order valence-electron chi connectivity index (χ4n) is 2.45. The Bertz CT molecular complexity index is 1050. The van der Waals surface area contributed by atoms with Crippen molar-refractivity contribution >= 4 is 23.1 Å². The zero-order valence-electron chi connectivity index (χ0n) is 15.3. The Labute approximate surface area is 161 Å². The van der Waals surface area contributed by atoms with Crippen LogP contribution in [0.2, 0.25) is 0 Å². The van der Waals surface area contributed by atoms with E-state index in [1.165, 1.54) is 12.4 Å². The van der Waals surface area contributed by atoms with Crippen LogP contribution in [-0.2, 0) is 0 Å². The summed E-state index contributed by atoms with van der Waals surface area (Å²) >= 11 is 0. The van der Waals surface area contributed by atoms with Crippen molar-refractivity contribution in [2.24, 2.45) is 0 Å². The van der Waals surface area contributed by atoms with Gasteiger partial charge in [-0.2, -0.15) is 5.26 Å². The van der Waals surface area contributed by atoms with Crippen molar-refractivity contribution in [1.29, 1.82) is 5.26 Å². The summed E-state index contributed by atoms with van der Waals surface area (Å²) in [6.45, 7) is 0. The molecule has 3 aromatic rings. The summed E-state index contributed by atoms with van der Waals surface area (Å²) in [6, 6.07) is 15.5. The molecule has 3 rings (SSSR count). The number of nitrogens with zero attached hydrogens (tertiary/aromatic N) is 3. The maximum absolute atomic E-state index is 12.5. The highest BCUT2D eigenvalue weighted by atomic mass is 16.5. The SMILES string of the molecule is COc1ccc(Nc2cc(C(=O)Nc3cccc(C#N)c3)ncn2)c(OC)c1. The summed E-state index contributed by atoms with van der Waals surface area (Å²) in [4.78, 5) is 20.6. The fourth-order valence-corrected chi connectivity index (χ4v) is 2.45. The molecule has 0 aliphatic heterocycles. The standard InChI is InChI=1S/C20H17N5O3/c1-27-15-6-7-16(18(9-15)28-2)25-19-10-17(22-12-23-19)20(26)24-14-5-3-4-13(8-14)11-21/h3-10,12H,1-2H3,(H,24,26)(H,22,23,25). The molecule has 2 aromatic carbocycles. The lowest BCUT2D eigenvalue weighted by molar-refractivity contribution is 0.102. The van der Waals surface area contributed by atoms with Gasteiger partial charge in [0.15, 0.2) is 0 Å². The van der Waals surface area contributed by atoms with E-state index in [0.29, 0.717) is 34.3 Å². The summed E-state index contributed by atoms with van der Waals surface area (Å²) in [7, 11) is 3.12. The molecular weight excluding hydrogens is 358 g/mol. The minimum Gasteiger partial charge on any atom is -0.497 e. The van der Waals surface area contributed by atoms with Gasteiger partial charge in [0.1, 0.15) is 29.3 Å². The van der Waals surface area contributed by atoms with Gasteiger partial charge in [-0.1, -0.05) is 6.07 Å². The van der Waals surface area contributed by atoms with Gasteiger partial charge in [-0.25, -0.2) is 9.97 Å². The van der Waals surface area contributed by atoms with Crippen molar-refractivity contribution in [1.82, 2.24) is 9.97 Å². The number of hydrogen-bond donors (Lipinski definition) is 2. The number of carbonyl (C=O) groups is 1. The molecule has 0 radical (unpaired) electrons. The molecule has 0 saturated heterocycles. The van der Waals surface area contributed by atoms with E-state index in [0.717, 1.165) is 0 Å². The smallest absolute Gasteiger partial charge is 0.274 e. The normalized spacial score (nSPS) is 9.89. The molecule has 0 atom stereocenters. The van der Waals surface area contributed by atoms with Crippen molar-refractivity contribution in [2.45, 2.75) is 0 Å². The predicted octanol–water partition coefficient (Wildman–Crippen LogP) is 3.36. The topological polar surface area (TPSA) is 109 Å². The lowest BCUT2D eigenvalue weighted by atomic mass is 10.2. The second kappa shape index (κ2) is 8.51. The molecule has 0 fully saturated rings. The molecular formula is C20H17N5O3. The van der Waals surface area contributed by atoms with Gasteiger partial charge in [0.2, 0.25) is 0 Å². The minimum absolute atomic E-state index is 0.173. The van der Waals surface area contributed by atoms with E-state index in [-0.39, 0.29) is 5.69 Å². The maximum atomic E-state index is 12.5. The van der Waals surface area contributed by atoms with Crippen LogP contribution < -0.4 is 20.1 Å². The van der Waals surface area contributed by atoms with Crippen LogP contribution in [-0.4, -0.2) is 30.1 Å². The first-order chi connectivity index (χ1) is 13.6. The first-order valence-corrected chi connectivity index (χ1v) is 8.25. The fraction of sp³-hybridized carbons (Fsp3) is 0.100. The second-order valence-corrected chi connectivity index (χ2v) is 5.63. The number of carbonyl (C=O) groups excluding carboxylic acids is 1. The van der Waals surface area contributed by atoms with Crippen molar-refractivity contribution in [3.8, 4) is 17.6 Å². The Balaban J connectivity index is 1.78. The summed E-state index contributed by atoms with van der Waals surface area (Å²) in [5.41, 5.74) is 1.80. The molecule has 1 aromatic heterocycles. The van der Waals surface area contributed by atoms with E-state index >= 15 is 0 Å². The van der Waals surface area contributed by atoms with Gasteiger partial charge in [0.05, 0.1) is 31.5 Å². The lowest BCUT2D eigenvalue weighted by Crippen LogP contribution is -2.14. The zero-order valence-corrected chi connectivity index (χ0v) is 15.3. The number of aromatic nitrogens is 2. The summed E-state index contributed by atoms with van der Waals surface area (Å²) in [5, 5.41) is 14.8. The predicted molar refractivity (Wildman–Crippen MR) is 104 cm³/mol. The van der Waals surface area contributed by atoms with E-state index in [1.54, 1.807) is 56.7 Å². The number of nitriles is 1. The third-order valence-electron chi connectivity index (χ3n) is 3.82. The molecule has 0 spiro atoms. The molecule has 0 saturated carbocycles. The molecule has 0 aliphatic carbocycles. The van der Waals surface area contributed by atoms with Gasteiger partial charge < -0.3 is 20.1 Å². The van der Waals surface area contributed by atoms with Gasteiger partial charge in [-0.05, 0) is 30.3 Å². The number of ether oxygens (including phenoxy) is 2. The molecule has 0 bridgehead atoms. The van der Waals surface area contributed by atoms with Crippen LogP contribution in [0, 0.1) is 11.3 Å². The Morgan fingerprint density at radius 3 is 2.68 bits per heavy atom. The van der Waals surface area contributed by atoms with E-state index < -0.39 is 5.91 Å². The zero-order chi connectivity index (χ0) is 19.9. The first kappa shape index (κ1) is 18.7. The molecule has 0 aliphatic rings. The largest absolute Gasteiger partial charge is 0.497 e. The lowest BCUT2D eigenvalue weighted by Gasteiger charge is -2.12. The second-order valence-electron chi connectivity index (χ2n) is 5.63. The number of rotatable bonds is 6. The maximum Gasteiger partial charge on any atom is 0.274 e. The molecule has 28 heavy (non-hydrogen) atoms. The van der Waals surface area contributed by atoms with E-state index in [2.05, 4.69) is 20.6 Å². The quantitative estimate of drug-likeness (QED) is 0.680. The van der Waals surface area contributed by atoms with Crippen molar-refractivity contribution in [3.63, 3.8) is 0 Å². The highest BCUT2D eigenvalue weighted by Gasteiger charge is 2.11. The van der Waals surface area contributed by atoms with E-state index in [1.807, 2.05) is 6.07 Å². The molecule has 8 nitrogen and oxygen atoms in total. The number of nitrogens with one attached hydrogen (secondary N) is 2. The van der Waals surface area contributed by atoms with E-state index in [9.17, 15) is 4.79 Å². The van der Waals surface area contributed by atoms with Gasteiger partial charge in [-0.15, -0.1) is 0 Å². The molecule has 2 N–H and O–H groups in total. The van der Waals surface area contributed by atoms with Gasteiger partial charge in [-0.3, -0.25) is 4.79 Å². The van der Waals surface area contributed by atoms with Crippen LogP contribution in [0.1, 0.15) is 16.1 Å². The summed E-state index contributed by atoms with van der Waals surface area (Å²) < 4.78 is 10.5. The van der Waals surface area contributed by atoms with Crippen LogP contribution in [0.25, 0.3) is 0 Å². The Kier molecular flexibility index (Phi) is 5.67. The monoisotopic (exact) mass is 375 g/mol. The number of amides is 1. The van der Waals surface area contributed by atoms with Crippen LogP contribution >= 0.6 is 0 Å². The van der Waals surface area contributed by atoms with Gasteiger partial charge in [0.25, 0.3) is 5.91 Å².